The number of rotatable bonds is 6. The van der Waals surface area contributed by atoms with Gasteiger partial charge in [0.2, 0.25) is 0 Å². The molecule has 1 unspecified atom stereocenters. The topological polar surface area (TPSA) is 30.9 Å². The molecule has 2 heterocycles. The zero-order valence-electron chi connectivity index (χ0n) is 14.4. The Labute approximate surface area is 139 Å². The minimum absolute atomic E-state index is 0.518. The molecule has 1 atom stereocenters. The predicted molar refractivity (Wildman–Crippen MR) is 96.8 cm³/mol. The quantitative estimate of drug-likeness (QED) is 0.645. The summed E-state index contributed by atoms with van der Waals surface area (Å²) < 4.78 is 0. The minimum Gasteiger partial charge on any atom is -0.355 e. The first kappa shape index (κ1) is 17.3. The highest BCUT2D eigenvalue weighted by molar-refractivity contribution is 7.10. The highest BCUT2D eigenvalue weighted by Crippen LogP contribution is 2.24. The lowest BCUT2D eigenvalue weighted by molar-refractivity contribution is 0.192. The van der Waals surface area contributed by atoms with Crippen LogP contribution < -0.4 is 5.32 Å². The van der Waals surface area contributed by atoms with Crippen molar-refractivity contribution in [2.24, 2.45) is 4.99 Å². The van der Waals surface area contributed by atoms with Crippen molar-refractivity contribution >= 4 is 17.3 Å². The lowest BCUT2D eigenvalue weighted by Gasteiger charge is -2.33. The minimum atomic E-state index is 0.518. The van der Waals surface area contributed by atoms with Crippen LogP contribution >= 0.6 is 11.3 Å². The Balaban J connectivity index is 1.81. The van der Waals surface area contributed by atoms with E-state index in [9.17, 15) is 0 Å². The molecule has 4 nitrogen and oxygen atoms in total. The number of thiophene rings is 1. The van der Waals surface area contributed by atoms with E-state index in [1.54, 1.807) is 4.88 Å². The molecule has 22 heavy (non-hydrogen) atoms. The van der Waals surface area contributed by atoms with E-state index in [1.165, 1.54) is 31.4 Å². The maximum Gasteiger partial charge on any atom is 0.193 e. The zero-order chi connectivity index (χ0) is 15.9. The second-order valence-corrected chi connectivity index (χ2v) is 7.14. The van der Waals surface area contributed by atoms with Crippen molar-refractivity contribution in [2.45, 2.75) is 45.7 Å². The maximum atomic E-state index is 4.40. The molecule has 0 aliphatic carbocycles. The van der Waals surface area contributed by atoms with E-state index in [-0.39, 0.29) is 0 Å². The van der Waals surface area contributed by atoms with Crippen LogP contribution in [0.3, 0.4) is 0 Å². The molecule has 5 heteroatoms. The van der Waals surface area contributed by atoms with Crippen molar-refractivity contribution in [3.8, 4) is 0 Å². The molecular weight excluding hydrogens is 292 g/mol. The van der Waals surface area contributed by atoms with Crippen LogP contribution in [0.5, 0.6) is 0 Å². The van der Waals surface area contributed by atoms with Gasteiger partial charge in [-0.05, 0) is 36.8 Å². The summed E-state index contributed by atoms with van der Waals surface area (Å²) in [5, 5.41) is 5.75. The average Bonchev–Trinajstić information content (AvgIpc) is 3.00. The first-order valence-corrected chi connectivity index (χ1v) is 9.24. The van der Waals surface area contributed by atoms with Crippen molar-refractivity contribution in [2.75, 3.05) is 33.7 Å². The third kappa shape index (κ3) is 4.46. The summed E-state index contributed by atoms with van der Waals surface area (Å²) in [6.07, 6.45) is 3.62. The maximum absolute atomic E-state index is 4.40. The fourth-order valence-corrected chi connectivity index (χ4v) is 3.79. The summed E-state index contributed by atoms with van der Waals surface area (Å²) in [5.41, 5.74) is 1.52. The molecule has 0 spiro atoms. The normalized spacial score (nSPS) is 17.2. The molecule has 0 amide bonds. The van der Waals surface area contributed by atoms with Gasteiger partial charge in [0.15, 0.2) is 5.96 Å². The van der Waals surface area contributed by atoms with Gasteiger partial charge >= 0.3 is 0 Å². The number of hydrogen-bond acceptors (Lipinski definition) is 3. The van der Waals surface area contributed by atoms with Gasteiger partial charge in [-0.3, -0.25) is 9.89 Å². The Hall–Kier alpha value is -1.07. The van der Waals surface area contributed by atoms with Gasteiger partial charge in [0.25, 0.3) is 0 Å². The molecule has 0 aromatic carbocycles. The van der Waals surface area contributed by atoms with Crippen LogP contribution in [-0.2, 0) is 13.0 Å². The van der Waals surface area contributed by atoms with E-state index in [2.05, 4.69) is 52.5 Å². The third-order valence-electron chi connectivity index (χ3n) is 4.44. The number of hydrogen-bond donors (Lipinski definition) is 1. The summed E-state index contributed by atoms with van der Waals surface area (Å²) in [6, 6.07) is 2.80. The van der Waals surface area contributed by atoms with Gasteiger partial charge in [-0.2, -0.15) is 0 Å². The Bertz CT molecular complexity index is 483. The monoisotopic (exact) mass is 322 g/mol. The smallest absolute Gasteiger partial charge is 0.193 e. The number of unbranched alkanes of at least 4 members (excludes halogenated alkanes) is 1. The van der Waals surface area contributed by atoms with Gasteiger partial charge in [0.1, 0.15) is 0 Å². The van der Waals surface area contributed by atoms with Crippen LogP contribution in [0.1, 0.15) is 37.1 Å². The van der Waals surface area contributed by atoms with E-state index < -0.39 is 0 Å². The van der Waals surface area contributed by atoms with E-state index in [4.69, 9.17) is 0 Å². The van der Waals surface area contributed by atoms with Gasteiger partial charge in [-0.25, -0.2) is 0 Å². The first-order valence-electron chi connectivity index (χ1n) is 8.36. The lowest BCUT2D eigenvalue weighted by atomic mass is 10.1. The van der Waals surface area contributed by atoms with Crippen LogP contribution in [0.2, 0.25) is 0 Å². The van der Waals surface area contributed by atoms with Crippen molar-refractivity contribution in [1.29, 1.82) is 0 Å². The molecule has 2 rings (SSSR count). The Morgan fingerprint density at radius 1 is 1.55 bits per heavy atom. The fourth-order valence-electron chi connectivity index (χ4n) is 2.90. The zero-order valence-corrected chi connectivity index (χ0v) is 15.2. The molecule has 0 fully saturated rings. The molecule has 0 saturated heterocycles. The van der Waals surface area contributed by atoms with Gasteiger partial charge < -0.3 is 10.2 Å². The summed E-state index contributed by atoms with van der Waals surface area (Å²) >= 11 is 1.90. The molecule has 1 aliphatic heterocycles. The summed E-state index contributed by atoms with van der Waals surface area (Å²) in [7, 11) is 3.99. The van der Waals surface area contributed by atoms with Crippen molar-refractivity contribution in [3.05, 3.63) is 21.9 Å². The molecular formula is C17H30N4S. The highest BCUT2D eigenvalue weighted by Gasteiger charge is 2.21. The van der Waals surface area contributed by atoms with Crippen molar-refractivity contribution < 1.29 is 0 Å². The summed E-state index contributed by atoms with van der Waals surface area (Å²) in [4.78, 5) is 10.8. The van der Waals surface area contributed by atoms with E-state index in [0.29, 0.717) is 6.04 Å². The van der Waals surface area contributed by atoms with E-state index in [1.807, 2.05) is 18.4 Å². The SMILES string of the molecule is CCCCN(C)C(=NC)NCC(C)N1CCc2sccc2C1. The molecule has 0 radical (unpaired) electrons. The summed E-state index contributed by atoms with van der Waals surface area (Å²) in [5.74, 6) is 1.01. The number of fused-ring (bicyclic) bond motifs is 1. The number of nitrogens with one attached hydrogen (secondary N) is 1. The van der Waals surface area contributed by atoms with Crippen LogP contribution in [0.4, 0.5) is 0 Å². The van der Waals surface area contributed by atoms with E-state index >= 15 is 0 Å². The van der Waals surface area contributed by atoms with Crippen LogP contribution in [-0.4, -0.2) is 55.5 Å². The average molecular weight is 323 g/mol. The summed E-state index contributed by atoms with van der Waals surface area (Å²) in [6.45, 7) is 8.80. The second kappa shape index (κ2) is 8.53. The standard InChI is InChI=1S/C17H30N4S/c1-5-6-9-20(4)17(18-3)19-12-14(2)21-10-7-16-15(13-21)8-11-22-16/h8,11,14H,5-7,9-10,12-13H2,1-4H3,(H,18,19). The Morgan fingerprint density at radius 2 is 2.36 bits per heavy atom. The van der Waals surface area contributed by atoms with Crippen molar-refractivity contribution in [1.82, 2.24) is 15.1 Å². The fraction of sp³-hybridized carbons (Fsp3) is 0.706. The molecule has 0 saturated carbocycles. The highest BCUT2D eigenvalue weighted by atomic mass is 32.1. The van der Waals surface area contributed by atoms with Gasteiger partial charge in [-0.15, -0.1) is 11.3 Å². The molecule has 1 aromatic rings. The van der Waals surface area contributed by atoms with Gasteiger partial charge in [0, 0.05) is 51.2 Å². The van der Waals surface area contributed by atoms with Crippen LogP contribution in [0.25, 0.3) is 0 Å². The molecule has 1 aromatic heterocycles. The molecule has 0 bridgehead atoms. The Kier molecular flexibility index (Phi) is 6.70. The van der Waals surface area contributed by atoms with Crippen LogP contribution in [0, 0.1) is 0 Å². The van der Waals surface area contributed by atoms with Gasteiger partial charge in [0.05, 0.1) is 0 Å². The molecule has 1 N–H and O–H groups in total. The lowest BCUT2D eigenvalue weighted by Crippen LogP contribution is -2.47. The largest absolute Gasteiger partial charge is 0.355 e. The second-order valence-electron chi connectivity index (χ2n) is 6.14. The van der Waals surface area contributed by atoms with Crippen LogP contribution in [0.15, 0.2) is 16.4 Å². The third-order valence-corrected chi connectivity index (χ3v) is 5.46. The van der Waals surface area contributed by atoms with E-state index in [0.717, 1.165) is 25.6 Å². The number of aliphatic imine (C=N–C) groups is 1. The molecule has 1 aliphatic rings. The molecule has 124 valence electrons. The number of guanidine groups is 1. The first-order chi connectivity index (χ1) is 10.7. The Morgan fingerprint density at radius 3 is 3.09 bits per heavy atom. The van der Waals surface area contributed by atoms with Crippen molar-refractivity contribution in [3.63, 3.8) is 0 Å². The van der Waals surface area contributed by atoms with Gasteiger partial charge in [-0.1, -0.05) is 13.3 Å². The number of nitrogens with zero attached hydrogens (tertiary/aromatic N) is 3. The predicted octanol–water partition coefficient (Wildman–Crippen LogP) is 2.80.